The highest BCUT2D eigenvalue weighted by Crippen LogP contribution is 2.31. The Bertz CT molecular complexity index is 1290. The normalized spacial score (nSPS) is 17.2. The van der Waals surface area contributed by atoms with Gasteiger partial charge in [-0.15, -0.1) is 0 Å². The van der Waals surface area contributed by atoms with Gasteiger partial charge in [0.25, 0.3) is 11.6 Å². The average molecular weight is 484 g/mol. The van der Waals surface area contributed by atoms with Crippen LogP contribution in [0.1, 0.15) is 30.9 Å². The summed E-state index contributed by atoms with van der Waals surface area (Å²) in [6.45, 7) is 7.94. The molecule has 2 aliphatic rings. The Kier molecular flexibility index (Phi) is 6.52. The number of carbonyl (C=O) groups is 1. The van der Waals surface area contributed by atoms with Crippen molar-refractivity contribution in [1.29, 1.82) is 0 Å². The molecular formula is C28H29N5O3. The van der Waals surface area contributed by atoms with Gasteiger partial charge in [0.05, 0.1) is 23.0 Å². The molecule has 184 valence electrons. The topological polar surface area (TPSA) is 82.3 Å². The van der Waals surface area contributed by atoms with Crippen LogP contribution in [0.2, 0.25) is 0 Å². The van der Waals surface area contributed by atoms with Crippen molar-refractivity contribution >= 4 is 34.4 Å². The number of para-hydroxylation sites is 1. The molecular weight excluding hydrogens is 454 g/mol. The van der Waals surface area contributed by atoms with E-state index in [4.69, 9.17) is 4.99 Å². The fourth-order valence-electron chi connectivity index (χ4n) is 4.71. The summed E-state index contributed by atoms with van der Waals surface area (Å²) in [4.78, 5) is 35.1. The van der Waals surface area contributed by atoms with Crippen LogP contribution in [-0.4, -0.2) is 54.3 Å². The average Bonchev–Trinajstić information content (AvgIpc) is 3.15. The van der Waals surface area contributed by atoms with Gasteiger partial charge in [-0.2, -0.15) is 0 Å². The molecule has 1 saturated heterocycles. The molecule has 1 fully saturated rings. The van der Waals surface area contributed by atoms with E-state index in [-0.39, 0.29) is 16.5 Å². The molecule has 8 heteroatoms. The summed E-state index contributed by atoms with van der Waals surface area (Å²) in [5.41, 5.74) is 5.31. The summed E-state index contributed by atoms with van der Waals surface area (Å²) in [7, 11) is 0. The molecule has 0 N–H and O–H groups in total. The molecule has 0 bridgehead atoms. The molecule has 1 amide bonds. The Balaban J connectivity index is 1.29. The predicted molar refractivity (Wildman–Crippen MR) is 142 cm³/mol. The van der Waals surface area contributed by atoms with Crippen LogP contribution in [0.5, 0.6) is 0 Å². The zero-order chi connectivity index (χ0) is 25.2. The first kappa shape index (κ1) is 23.7. The number of piperazine rings is 1. The maximum atomic E-state index is 13.5. The van der Waals surface area contributed by atoms with Crippen LogP contribution >= 0.6 is 0 Å². The minimum atomic E-state index is -0.384. The second-order valence-electron chi connectivity index (χ2n) is 9.48. The number of hydrogen-bond acceptors (Lipinski definition) is 6. The first-order valence-corrected chi connectivity index (χ1v) is 12.2. The SMILES string of the molecule is CC(C)c1ccc(N=C2C(=O)N(CN3CCN(c4ccc([N+](=O)[O-])cc4)CC3)c3ccccc32)cc1. The van der Waals surface area contributed by atoms with E-state index in [1.807, 2.05) is 41.3 Å². The molecule has 0 unspecified atom stereocenters. The minimum absolute atomic E-state index is 0.0815. The first-order valence-electron chi connectivity index (χ1n) is 12.2. The van der Waals surface area contributed by atoms with Gasteiger partial charge in [0.2, 0.25) is 0 Å². The molecule has 3 aromatic rings. The number of nitro groups is 1. The van der Waals surface area contributed by atoms with Crippen molar-refractivity contribution in [3.8, 4) is 0 Å². The Morgan fingerprint density at radius 2 is 1.58 bits per heavy atom. The summed E-state index contributed by atoms with van der Waals surface area (Å²) in [5.74, 6) is 0.360. The number of non-ortho nitro benzene ring substituents is 1. The summed E-state index contributed by atoms with van der Waals surface area (Å²) in [6.07, 6.45) is 0. The first-order chi connectivity index (χ1) is 17.4. The molecule has 5 rings (SSSR count). The van der Waals surface area contributed by atoms with E-state index >= 15 is 0 Å². The Morgan fingerprint density at radius 1 is 0.917 bits per heavy atom. The molecule has 0 atom stereocenters. The number of nitro benzene ring substituents is 1. The highest BCUT2D eigenvalue weighted by Gasteiger charge is 2.35. The lowest BCUT2D eigenvalue weighted by atomic mass is 10.0. The van der Waals surface area contributed by atoms with Gasteiger partial charge >= 0.3 is 0 Å². The molecule has 2 heterocycles. The third-order valence-corrected chi connectivity index (χ3v) is 6.84. The van der Waals surface area contributed by atoms with Gasteiger partial charge < -0.3 is 4.90 Å². The van der Waals surface area contributed by atoms with E-state index in [2.05, 4.69) is 35.8 Å². The van der Waals surface area contributed by atoms with Crippen LogP contribution in [0.3, 0.4) is 0 Å². The Labute approximate surface area is 210 Å². The maximum Gasteiger partial charge on any atom is 0.278 e. The number of anilines is 2. The highest BCUT2D eigenvalue weighted by atomic mass is 16.6. The van der Waals surface area contributed by atoms with E-state index in [0.717, 1.165) is 48.8 Å². The molecule has 0 saturated carbocycles. The highest BCUT2D eigenvalue weighted by molar-refractivity contribution is 6.54. The van der Waals surface area contributed by atoms with Crippen LogP contribution < -0.4 is 9.80 Å². The van der Waals surface area contributed by atoms with Gasteiger partial charge in [-0.05, 0) is 41.8 Å². The number of nitrogens with zero attached hydrogens (tertiary/aromatic N) is 5. The van der Waals surface area contributed by atoms with Crippen LogP contribution in [0.15, 0.2) is 77.8 Å². The van der Waals surface area contributed by atoms with Crippen molar-refractivity contribution < 1.29 is 9.72 Å². The van der Waals surface area contributed by atoms with Gasteiger partial charge in [0.1, 0.15) is 5.71 Å². The molecule has 36 heavy (non-hydrogen) atoms. The van der Waals surface area contributed by atoms with Gasteiger partial charge in [0.15, 0.2) is 0 Å². The number of amides is 1. The fraction of sp³-hybridized carbons (Fsp3) is 0.286. The van der Waals surface area contributed by atoms with Crippen molar-refractivity contribution in [2.75, 3.05) is 42.6 Å². The predicted octanol–water partition coefficient (Wildman–Crippen LogP) is 4.97. The molecule has 0 spiro atoms. The van der Waals surface area contributed by atoms with Crippen molar-refractivity contribution in [1.82, 2.24) is 4.90 Å². The number of hydrogen-bond donors (Lipinski definition) is 0. The third kappa shape index (κ3) is 4.72. The molecule has 8 nitrogen and oxygen atoms in total. The Morgan fingerprint density at radius 3 is 2.22 bits per heavy atom. The van der Waals surface area contributed by atoms with E-state index in [1.54, 1.807) is 24.3 Å². The molecule has 3 aromatic carbocycles. The number of carbonyl (C=O) groups excluding carboxylic acids is 1. The second-order valence-corrected chi connectivity index (χ2v) is 9.48. The lowest BCUT2D eigenvalue weighted by molar-refractivity contribution is -0.384. The largest absolute Gasteiger partial charge is 0.369 e. The third-order valence-electron chi connectivity index (χ3n) is 6.84. The van der Waals surface area contributed by atoms with Crippen LogP contribution in [0, 0.1) is 10.1 Å². The molecule has 2 aliphatic heterocycles. The number of benzene rings is 3. The van der Waals surface area contributed by atoms with Crippen molar-refractivity contribution in [2.45, 2.75) is 19.8 Å². The number of aliphatic imine (C=N–C) groups is 1. The van der Waals surface area contributed by atoms with Crippen molar-refractivity contribution in [2.24, 2.45) is 4.99 Å². The number of rotatable bonds is 6. The van der Waals surface area contributed by atoms with Gasteiger partial charge in [-0.3, -0.25) is 24.7 Å². The van der Waals surface area contributed by atoms with Gasteiger partial charge in [-0.1, -0.05) is 44.2 Å². The van der Waals surface area contributed by atoms with Gasteiger partial charge in [0, 0.05) is 49.6 Å². The Hall–Kier alpha value is -4.04. The lowest BCUT2D eigenvalue weighted by Gasteiger charge is -2.37. The monoisotopic (exact) mass is 483 g/mol. The molecule has 0 aliphatic carbocycles. The zero-order valence-electron chi connectivity index (χ0n) is 20.5. The minimum Gasteiger partial charge on any atom is -0.369 e. The van der Waals surface area contributed by atoms with Crippen molar-refractivity contribution in [3.05, 3.63) is 94.0 Å². The van der Waals surface area contributed by atoms with Crippen LogP contribution in [0.4, 0.5) is 22.7 Å². The van der Waals surface area contributed by atoms with E-state index in [0.29, 0.717) is 18.3 Å². The van der Waals surface area contributed by atoms with Crippen LogP contribution in [0.25, 0.3) is 0 Å². The second kappa shape index (κ2) is 9.91. The summed E-state index contributed by atoms with van der Waals surface area (Å²) >= 11 is 0. The summed E-state index contributed by atoms with van der Waals surface area (Å²) in [5, 5.41) is 10.9. The number of fused-ring (bicyclic) bond motifs is 1. The van der Waals surface area contributed by atoms with E-state index < -0.39 is 0 Å². The van der Waals surface area contributed by atoms with E-state index in [9.17, 15) is 14.9 Å². The zero-order valence-corrected chi connectivity index (χ0v) is 20.5. The fourth-order valence-corrected chi connectivity index (χ4v) is 4.71. The lowest BCUT2D eigenvalue weighted by Crippen LogP contribution is -2.51. The molecule has 0 aromatic heterocycles. The van der Waals surface area contributed by atoms with Crippen molar-refractivity contribution in [3.63, 3.8) is 0 Å². The summed E-state index contributed by atoms with van der Waals surface area (Å²) in [6, 6.07) is 22.6. The smallest absolute Gasteiger partial charge is 0.278 e. The molecule has 0 radical (unpaired) electrons. The quantitative estimate of drug-likeness (QED) is 0.365. The maximum absolute atomic E-state index is 13.5. The van der Waals surface area contributed by atoms with Gasteiger partial charge in [-0.25, -0.2) is 4.99 Å². The van der Waals surface area contributed by atoms with Crippen LogP contribution in [-0.2, 0) is 4.79 Å². The standard InChI is InChI=1S/C28H29N5O3/c1-20(2)21-7-9-22(10-8-21)29-27-25-5-3-4-6-26(25)32(28(27)34)19-30-15-17-31(18-16-30)23-11-13-24(14-12-23)33(35)36/h3-14,20H,15-19H2,1-2H3. The summed E-state index contributed by atoms with van der Waals surface area (Å²) < 4.78 is 0. The van der Waals surface area contributed by atoms with E-state index in [1.165, 1.54) is 5.56 Å².